The Morgan fingerprint density at radius 1 is 1.45 bits per heavy atom. The van der Waals surface area contributed by atoms with E-state index in [1.54, 1.807) is 0 Å². The van der Waals surface area contributed by atoms with Crippen LogP contribution in [-0.4, -0.2) is 25.1 Å². The molecule has 112 valence electrons. The molecule has 0 aromatic heterocycles. The molecule has 2 rings (SSSR count). The molecule has 1 fully saturated rings. The topological polar surface area (TPSA) is 50.4 Å². The van der Waals surface area contributed by atoms with E-state index in [1.165, 1.54) is 0 Å². The van der Waals surface area contributed by atoms with Crippen molar-refractivity contribution in [3.63, 3.8) is 0 Å². The number of benzene rings is 1. The molecule has 1 aliphatic heterocycles. The average Bonchev–Trinajstić information content (AvgIpc) is 2.46. The fraction of sp³-hybridized carbons (Fsp3) is 0.533. The molecule has 1 aromatic carbocycles. The van der Waals surface area contributed by atoms with E-state index in [2.05, 4.69) is 17.6 Å². The molecule has 1 saturated heterocycles. The van der Waals surface area contributed by atoms with E-state index >= 15 is 0 Å². The number of anilines is 1. The lowest BCUT2D eigenvalue weighted by Gasteiger charge is -2.22. The van der Waals surface area contributed by atoms with Gasteiger partial charge in [-0.05, 0) is 37.9 Å². The highest BCUT2D eigenvalue weighted by Crippen LogP contribution is 2.18. The van der Waals surface area contributed by atoms with Crippen molar-refractivity contribution in [2.24, 2.45) is 0 Å². The maximum atomic E-state index is 12.1. The molecule has 0 spiro atoms. The van der Waals surface area contributed by atoms with Gasteiger partial charge in [-0.1, -0.05) is 19.4 Å². The standard InChI is InChI=1S/C15H22N2O2.ClH/c1-2-10-19-13-7-5-6-12(11-13)17-15(18)14-8-3-4-9-16-14;/h5-7,11,14,16H,2-4,8-10H2,1H3,(H,17,18);1H/t14-;/m0./s1. The Morgan fingerprint density at radius 3 is 3.00 bits per heavy atom. The molecular weight excluding hydrogens is 276 g/mol. The summed E-state index contributed by atoms with van der Waals surface area (Å²) in [7, 11) is 0. The highest BCUT2D eigenvalue weighted by molar-refractivity contribution is 5.95. The molecule has 1 amide bonds. The Kier molecular flexibility index (Phi) is 7.41. The smallest absolute Gasteiger partial charge is 0.241 e. The zero-order valence-electron chi connectivity index (χ0n) is 11.9. The second kappa shape index (κ2) is 8.82. The molecule has 4 nitrogen and oxygen atoms in total. The van der Waals surface area contributed by atoms with Gasteiger partial charge in [0.15, 0.2) is 0 Å². The van der Waals surface area contributed by atoms with Crippen LogP contribution >= 0.6 is 12.4 Å². The van der Waals surface area contributed by atoms with Crippen LogP contribution in [0.3, 0.4) is 0 Å². The number of carbonyl (C=O) groups excluding carboxylic acids is 1. The van der Waals surface area contributed by atoms with Gasteiger partial charge in [0, 0.05) is 11.8 Å². The van der Waals surface area contributed by atoms with Gasteiger partial charge in [0.1, 0.15) is 5.75 Å². The maximum absolute atomic E-state index is 12.1. The summed E-state index contributed by atoms with van der Waals surface area (Å²) in [5.41, 5.74) is 0.797. The summed E-state index contributed by atoms with van der Waals surface area (Å²) < 4.78 is 5.56. The van der Waals surface area contributed by atoms with Crippen LogP contribution in [0.15, 0.2) is 24.3 Å². The Labute approximate surface area is 126 Å². The highest BCUT2D eigenvalue weighted by Gasteiger charge is 2.20. The lowest BCUT2D eigenvalue weighted by molar-refractivity contribution is -0.118. The van der Waals surface area contributed by atoms with Crippen LogP contribution in [0.4, 0.5) is 5.69 Å². The molecule has 0 aliphatic carbocycles. The number of halogens is 1. The van der Waals surface area contributed by atoms with Crippen molar-refractivity contribution in [2.45, 2.75) is 38.6 Å². The first-order valence-corrected chi connectivity index (χ1v) is 7.06. The highest BCUT2D eigenvalue weighted by atomic mass is 35.5. The molecule has 1 aliphatic rings. The zero-order chi connectivity index (χ0) is 13.5. The molecule has 0 radical (unpaired) electrons. The van der Waals surface area contributed by atoms with E-state index in [4.69, 9.17) is 4.74 Å². The summed E-state index contributed by atoms with van der Waals surface area (Å²) in [6, 6.07) is 7.50. The van der Waals surface area contributed by atoms with Crippen LogP contribution in [0.5, 0.6) is 5.75 Å². The molecule has 5 heteroatoms. The SMILES string of the molecule is CCCOc1cccc(NC(=O)[C@@H]2CCCCN2)c1.Cl. The summed E-state index contributed by atoms with van der Waals surface area (Å²) in [6.07, 6.45) is 4.16. The number of piperidine rings is 1. The summed E-state index contributed by atoms with van der Waals surface area (Å²) in [5, 5.41) is 6.19. The van der Waals surface area contributed by atoms with Crippen LogP contribution < -0.4 is 15.4 Å². The van der Waals surface area contributed by atoms with Gasteiger partial charge >= 0.3 is 0 Å². The number of rotatable bonds is 5. The monoisotopic (exact) mass is 298 g/mol. The van der Waals surface area contributed by atoms with Crippen LogP contribution in [0, 0.1) is 0 Å². The van der Waals surface area contributed by atoms with E-state index in [1.807, 2.05) is 24.3 Å². The second-order valence-electron chi connectivity index (χ2n) is 4.87. The largest absolute Gasteiger partial charge is 0.494 e. The third kappa shape index (κ3) is 5.02. The number of carbonyl (C=O) groups is 1. The average molecular weight is 299 g/mol. The number of nitrogens with one attached hydrogen (secondary N) is 2. The van der Waals surface area contributed by atoms with E-state index in [9.17, 15) is 4.79 Å². The van der Waals surface area contributed by atoms with Gasteiger partial charge in [0.05, 0.1) is 12.6 Å². The number of hydrogen-bond acceptors (Lipinski definition) is 3. The van der Waals surface area contributed by atoms with Crippen molar-refractivity contribution in [1.82, 2.24) is 5.32 Å². The first-order chi connectivity index (χ1) is 9.29. The van der Waals surface area contributed by atoms with Gasteiger partial charge in [-0.2, -0.15) is 0 Å². The van der Waals surface area contributed by atoms with Crippen LogP contribution in [0.1, 0.15) is 32.6 Å². The minimum absolute atomic E-state index is 0. The third-order valence-electron chi connectivity index (χ3n) is 3.20. The van der Waals surface area contributed by atoms with Crippen molar-refractivity contribution in [1.29, 1.82) is 0 Å². The van der Waals surface area contributed by atoms with E-state index in [0.29, 0.717) is 6.61 Å². The van der Waals surface area contributed by atoms with Gasteiger partial charge in [0.2, 0.25) is 5.91 Å². The van der Waals surface area contributed by atoms with Gasteiger partial charge in [0.25, 0.3) is 0 Å². The van der Waals surface area contributed by atoms with Gasteiger partial charge in [-0.15, -0.1) is 12.4 Å². The predicted molar refractivity (Wildman–Crippen MR) is 83.7 cm³/mol. The van der Waals surface area contributed by atoms with Crippen LogP contribution in [0.25, 0.3) is 0 Å². The maximum Gasteiger partial charge on any atom is 0.241 e. The van der Waals surface area contributed by atoms with Crippen molar-refractivity contribution in [2.75, 3.05) is 18.5 Å². The Bertz CT molecular complexity index is 420. The molecule has 0 bridgehead atoms. The Hall–Kier alpha value is -1.26. The molecule has 0 unspecified atom stereocenters. The van der Waals surface area contributed by atoms with Gasteiger partial charge < -0.3 is 15.4 Å². The quantitative estimate of drug-likeness (QED) is 0.878. The fourth-order valence-corrected chi connectivity index (χ4v) is 2.19. The van der Waals surface area contributed by atoms with Crippen molar-refractivity contribution >= 4 is 24.0 Å². The van der Waals surface area contributed by atoms with Crippen LogP contribution in [-0.2, 0) is 4.79 Å². The molecule has 20 heavy (non-hydrogen) atoms. The van der Waals surface area contributed by atoms with Crippen molar-refractivity contribution in [3.8, 4) is 5.75 Å². The van der Waals surface area contributed by atoms with Crippen molar-refractivity contribution in [3.05, 3.63) is 24.3 Å². The lowest BCUT2D eigenvalue weighted by Crippen LogP contribution is -2.43. The van der Waals surface area contributed by atoms with E-state index in [0.717, 1.165) is 43.7 Å². The third-order valence-corrected chi connectivity index (χ3v) is 3.20. The Balaban J connectivity index is 0.00000200. The summed E-state index contributed by atoms with van der Waals surface area (Å²) in [4.78, 5) is 12.1. The minimum Gasteiger partial charge on any atom is -0.494 e. The summed E-state index contributed by atoms with van der Waals surface area (Å²) in [5.74, 6) is 0.851. The molecule has 0 saturated carbocycles. The first-order valence-electron chi connectivity index (χ1n) is 7.06. The Morgan fingerprint density at radius 2 is 2.30 bits per heavy atom. The second-order valence-corrected chi connectivity index (χ2v) is 4.87. The van der Waals surface area contributed by atoms with Gasteiger partial charge in [-0.3, -0.25) is 4.79 Å². The fourth-order valence-electron chi connectivity index (χ4n) is 2.19. The predicted octanol–water partition coefficient (Wildman–Crippen LogP) is 2.98. The summed E-state index contributed by atoms with van der Waals surface area (Å²) in [6.45, 7) is 3.69. The van der Waals surface area contributed by atoms with Crippen LogP contribution in [0.2, 0.25) is 0 Å². The number of hydrogen-bond donors (Lipinski definition) is 2. The minimum atomic E-state index is -0.0611. The molecule has 2 N–H and O–H groups in total. The number of ether oxygens (including phenoxy) is 1. The van der Waals surface area contributed by atoms with E-state index in [-0.39, 0.29) is 24.4 Å². The number of amides is 1. The normalized spacial score (nSPS) is 17.9. The molecule has 1 atom stereocenters. The summed E-state index contributed by atoms with van der Waals surface area (Å²) >= 11 is 0. The molecule has 1 aromatic rings. The van der Waals surface area contributed by atoms with Crippen molar-refractivity contribution < 1.29 is 9.53 Å². The first kappa shape index (κ1) is 16.8. The molecular formula is C15H23ClN2O2. The van der Waals surface area contributed by atoms with Gasteiger partial charge in [-0.25, -0.2) is 0 Å². The van der Waals surface area contributed by atoms with E-state index < -0.39 is 0 Å². The zero-order valence-corrected chi connectivity index (χ0v) is 12.7. The lowest BCUT2D eigenvalue weighted by atomic mass is 10.0. The molecule has 1 heterocycles.